The van der Waals surface area contributed by atoms with E-state index < -0.39 is 6.04 Å². The highest BCUT2D eigenvalue weighted by atomic mass is 16.5. The van der Waals surface area contributed by atoms with Gasteiger partial charge in [-0.2, -0.15) is 0 Å². The van der Waals surface area contributed by atoms with Gasteiger partial charge in [0.25, 0.3) is 11.8 Å². The number of fused-ring (bicyclic) bond motifs is 2. The molecule has 0 spiro atoms. The predicted molar refractivity (Wildman–Crippen MR) is 238 cm³/mol. The number of carbonyl (C=O) groups excluding carboxylic acids is 5. The van der Waals surface area contributed by atoms with Crippen molar-refractivity contribution in [2.45, 2.75) is 103 Å². The highest BCUT2D eigenvalue weighted by molar-refractivity contribution is 6.11. The van der Waals surface area contributed by atoms with Gasteiger partial charge in [0.2, 0.25) is 23.7 Å². The number of nitrogens with zero attached hydrogens (tertiary/aromatic N) is 6. The summed E-state index contributed by atoms with van der Waals surface area (Å²) >= 11 is 0. The Labute approximate surface area is 368 Å². The topological polar surface area (TPSA) is 185 Å². The summed E-state index contributed by atoms with van der Waals surface area (Å²) in [4.78, 5) is 74.7. The number of ether oxygens (including phenoxy) is 1. The van der Waals surface area contributed by atoms with Gasteiger partial charge in [0.05, 0.1) is 35.1 Å². The molecule has 5 amide bonds. The number of amides is 5. The third-order valence-corrected chi connectivity index (χ3v) is 13.0. The fraction of sp³-hybridized carbons (Fsp3) is 0.479. The Kier molecular flexibility index (Phi) is 13.2. The zero-order chi connectivity index (χ0) is 44.2. The minimum absolute atomic E-state index is 0.00950. The number of nitrogens with one attached hydrogen (secondary N) is 2. The van der Waals surface area contributed by atoms with Gasteiger partial charge in [-0.05, 0) is 111 Å². The summed E-state index contributed by atoms with van der Waals surface area (Å²) in [5.74, 6) is 6.51. The average Bonchev–Trinajstić information content (AvgIpc) is 3.78. The molecule has 4 aliphatic heterocycles. The molecule has 15 nitrogen and oxygen atoms in total. The number of unbranched alkanes of at least 4 members (excludes halogenated alkanes) is 1. The number of anilines is 2. The smallest absolute Gasteiger partial charge is 0.259 e. The number of rotatable bonds is 12. The van der Waals surface area contributed by atoms with Gasteiger partial charge in [0.15, 0.2) is 0 Å². The first kappa shape index (κ1) is 43.5. The summed E-state index contributed by atoms with van der Waals surface area (Å²) in [5, 5.41) is 9.87. The average molecular weight is 856 g/mol. The third-order valence-electron chi connectivity index (χ3n) is 13.0. The van der Waals surface area contributed by atoms with Gasteiger partial charge in [-0.3, -0.25) is 29.3 Å². The molecule has 1 unspecified atom stereocenters. The monoisotopic (exact) mass is 855 g/mol. The lowest BCUT2D eigenvalue weighted by Gasteiger charge is -2.32. The van der Waals surface area contributed by atoms with Crippen LogP contribution in [0.1, 0.15) is 132 Å². The number of imide groups is 1. The highest BCUT2D eigenvalue weighted by Crippen LogP contribution is 2.34. The van der Waals surface area contributed by atoms with Crippen molar-refractivity contribution in [3.63, 3.8) is 0 Å². The number of nitrogens with two attached hydrogens (primary N) is 1. The largest absolute Gasteiger partial charge is 0.380 e. The molecule has 8 rings (SSSR count). The molecular weight excluding hydrogens is 799 g/mol. The Bertz CT molecular complexity index is 2450. The summed E-state index contributed by atoms with van der Waals surface area (Å²) < 4.78 is 6.91. The molecule has 4 aromatic rings. The lowest BCUT2D eigenvalue weighted by Crippen LogP contribution is -2.52. The molecule has 0 aliphatic carbocycles. The van der Waals surface area contributed by atoms with Gasteiger partial charge in [-0.1, -0.05) is 50.0 Å². The molecule has 63 heavy (non-hydrogen) atoms. The van der Waals surface area contributed by atoms with Crippen LogP contribution in [0.25, 0.3) is 5.52 Å². The van der Waals surface area contributed by atoms with Crippen molar-refractivity contribution < 1.29 is 28.7 Å². The van der Waals surface area contributed by atoms with Crippen LogP contribution in [0.4, 0.5) is 11.6 Å². The number of piperidine rings is 3. The van der Waals surface area contributed by atoms with Crippen LogP contribution >= 0.6 is 0 Å². The van der Waals surface area contributed by atoms with Crippen molar-refractivity contribution >= 4 is 46.7 Å². The first-order valence-electron chi connectivity index (χ1n) is 22.3. The van der Waals surface area contributed by atoms with Gasteiger partial charge >= 0.3 is 0 Å². The van der Waals surface area contributed by atoms with Crippen molar-refractivity contribution in [2.75, 3.05) is 50.9 Å². The van der Waals surface area contributed by atoms with Crippen molar-refractivity contribution in [3.05, 3.63) is 87.7 Å². The molecule has 3 fully saturated rings. The van der Waals surface area contributed by atoms with E-state index in [9.17, 15) is 24.0 Å². The quantitative estimate of drug-likeness (QED) is 0.0969. The van der Waals surface area contributed by atoms with Crippen molar-refractivity contribution in [1.29, 1.82) is 0 Å². The molecule has 0 radical (unpaired) electrons. The van der Waals surface area contributed by atoms with E-state index in [1.807, 2.05) is 49.1 Å². The van der Waals surface area contributed by atoms with Gasteiger partial charge in [0, 0.05) is 56.8 Å². The SMILES string of the molecule is COCc1ccc(NC(=O)c2c(C#CC3CCN(C(=O)CCCCN4CCC(c5ccc6c(c5)CN(C5CCC(=O)NC5=O)C6=O)CC4)CC3)c(C(C)C)n3nc(N)ncc23)cc1. The fourth-order valence-corrected chi connectivity index (χ4v) is 9.57. The first-order chi connectivity index (χ1) is 30.5. The Hall–Kier alpha value is -6.11. The second-order valence-corrected chi connectivity index (χ2v) is 17.6. The Morgan fingerprint density at radius 2 is 1.75 bits per heavy atom. The molecule has 0 bridgehead atoms. The predicted octanol–water partition coefficient (Wildman–Crippen LogP) is 5.23. The lowest BCUT2D eigenvalue weighted by molar-refractivity contribution is -0.137. The maximum Gasteiger partial charge on any atom is 0.259 e. The number of aromatic nitrogens is 3. The van der Waals surface area contributed by atoms with E-state index in [-0.39, 0.29) is 53.7 Å². The van der Waals surface area contributed by atoms with E-state index in [1.165, 1.54) is 5.56 Å². The Morgan fingerprint density at radius 3 is 2.46 bits per heavy atom. The third kappa shape index (κ3) is 9.62. The van der Waals surface area contributed by atoms with Gasteiger partial charge in [0.1, 0.15) is 6.04 Å². The number of likely N-dealkylation sites (tertiary alicyclic amines) is 2. The van der Waals surface area contributed by atoms with E-state index in [2.05, 4.69) is 49.6 Å². The van der Waals surface area contributed by atoms with E-state index in [0.717, 1.165) is 75.0 Å². The van der Waals surface area contributed by atoms with E-state index >= 15 is 0 Å². The maximum absolute atomic E-state index is 13.9. The van der Waals surface area contributed by atoms with Crippen molar-refractivity contribution in [3.8, 4) is 11.8 Å². The number of methoxy groups -OCH3 is 1. The molecule has 3 saturated heterocycles. The number of carbonyl (C=O) groups is 5. The van der Waals surface area contributed by atoms with Crippen LogP contribution < -0.4 is 16.4 Å². The van der Waals surface area contributed by atoms with E-state index in [1.54, 1.807) is 22.7 Å². The lowest BCUT2D eigenvalue weighted by atomic mass is 9.88. The second-order valence-electron chi connectivity index (χ2n) is 17.6. The number of hydrogen-bond acceptors (Lipinski definition) is 10. The van der Waals surface area contributed by atoms with Gasteiger partial charge in [-0.15, -0.1) is 5.10 Å². The number of benzene rings is 2. The van der Waals surface area contributed by atoms with Crippen molar-refractivity contribution in [1.82, 2.24) is 34.6 Å². The second kappa shape index (κ2) is 19.1. The van der Waals surface area contributed by atoms with Crippen LogP contribution in [0.15, 0.2) is 48.7 Å². The standard InChI is InChI=1S/C48H57N9O6/c1-30(2)44-38(43(40-27-50-48(49)53-57(40)44)46(61)51-36-11-7-32(8-12-36)29-63-3)13-9-31-17-24-55(25-18-31)42(59)6-4-5-21-54-22-19-33(20-23-54)34-10-14-37-35(26-34)28-56(47(37)62)39-15-16-41(58)52-45(39)60/h7-8,10-12,14,26-27,30-31,33,39H,4-6,15-25,28-29H2,1-3H3,(H2,49,53)(H,51,61)(H,52,58,60). The molecule has 330 valence electrons. The summed E-state index contributed by atoms with van der Waals surface area (Å²) in [6.45, 7) is 9.20. The summed E-state index contributed by atoms with van der Waals surface area (Å²) in [6.07, 6.45) is 8.10. The molecule has 15 heteroatoms. The van der Waals surface area contributed by atoms with Crippen molar-refractivity contribution in [2.24, 2.45) is 5.92 Å². The van der Waals surface area contributed by atoms with Gasteiger partial charge < -0.3 is 30.5 Å². The normalized spacial score (nSPS) is 18.7. The summed E-state index contributed by atoms with van der Waals surface area (Å²) in [7, 11) is 1.64. The maximum atomic E-state index is 13.9. The molecule has 4 aliphatic rings. The number of hydrogen-bond donors (Lipinski definition) is 3. The van der Waals surface area contributed by atoms with Crippen LogP contribution in [-0.4, -0.2) is 105 Å². The molecule has 6 heterocycles. The van der Waals surface area contributed by atoms with Gasteiger partial charge in [-0.25, -0.2) is 9.50 Å². The minimum atomic E-state index is -0.606. The fourth-order valence-electron chi connectivity index (χ4n) is 9.57. The molecular formula is C48H57N9O6. The van der Waals surface area contributed by atoms with Crippen LogP contribution in [0.2, 0.25) is 0 Å². The van der Waals surface area contributed by atoms with Crippen LogP contribution in [-0.2, 0) is 32.3 Å². The van der Waals surface area contributed by atoms with Crippen LogP contribution in [0.3, 0.4) is 0 Å². The molecule has 1 atom stereocenters. The molecule has 0 saturated carbocycles. The first-order valence-corrected chi connectivity index (χ1v) is 22.3. The summed E-state index contributed by atoms with van der Waals surface area (Å²) in [5.41, 5.74) is 12.8. The van der Waals surface area contributed by atoms with E-state index in [4.69, 9.17) is 10.5 Å². The van der Waals surface area contributed by atoms with Crippen LogP contribution in [0, 0.1) is 17.8 Å². The summed E-state index contributed by atoms with van der Waals surface area (Å²) in [6, 6.07) is 13.0. The minimum Gasteiger partial charge on any atom is -0.380 e. The Balaban J connectivity index is 0.800. The van der Waals surface area contributed by atoms with E-state index in [0.29, 0.717) is 72.9 Å². The molecule has 2 aromatic heterocycles. The van der Waals surface area contributed by atoms with Crippen LogP contribution in [0.5, 0.6) is 0 Å². The number of nitrogen functional groups attached to an aromatic ring is 1. The molecule has 4 N–H and O–H groups in total. The Morgan fingerprint density at radius 1 is 0.984 bits per heavy atom. The zero-order valence-electron chi connectivity index (χ0n) is 36.5. The highest BCUT2D eigenvalue weighted by Gasteiger charge is 2.39. The zero-order valence-corrected chi connectivity index (χ0v) is 36.5. The molecule has 2 aromatic carbocycles.